The van der Waals surface area contributed by atoms with Gasteiger partial charge >= 0.3 is 0 Å². The highest BCUT2D eigenvalue weighted by Gasteiger charge is 2.28. The maximum Gasteiger partial charge on any atom is 0.143 e. The first kappa shape index (κ1) is 38.8. The van der Waals surface area contributed by atoms with Crippen LogP contribution in [0.5, 0.6) is 0 Å². The predicted molar refractivity (Wildman–Crippen MR) is 296 cm³/mol. The number of para-hydroxylation sites is 2. The van der Waals surface area contributed by atoms with Gasteiger partial charge in [0.15, 0.2) is 0 Å². The second-order valence-electron chi connectivity index (χ2n) is 18.5. The van der Waals surface area contributed by atoms with Crippen molar-refractivity contribution in [1.29, 1.82) is 0 Å². The van der Waals surface area contributed by atoms with E-state index in [9.17, 15) is 0 Å². The standard InChI is InChI=1S/C68H40O2/c1-3-21-41(22-4-1)44-25-7-8-26-45(44)62-50-31-13-15-33-52(50)64(53-34-16-14-32-51(53)62)57-40-43-39-56(63-48-29-11-9-27-46(48)60(42-23-5-2-6-24-42)47-28-10-12-30-49(47)63)67-65(54-35-17-19-37-58(54)69-67)61(43)66-55-36-18-20-38-59(55)70-68(57)66/h1-40H. The summed E-state index contributed by atoms with van der Waals surface area (Å²) in [5, 5.41) is 16.1. The molecule has 0 fully saturated rings. The second-order valence-corrected chi connectivity index (χ2v) is 18.5. The summed E-state index contributed by atoms with van der Waals surface area (Å²) in [7, 11) is 0. The van der Waals surface area contributed by atoms with Crippen LogP contribution in [0.1, 0.15) is 0 Å². The highest BCUT2D eigenvalue weighted by Crippen LogP contribution is 2.54. The first-order chi connectivity index (χ1) is 34.8. The van der Waals surface area contributed by atoms with Gasteiger partial charge in [-0.25, -0.2) is 0 Å². The highest BCUT2D eigenvalue weighted by molar-refractivity contribution is 6.37. The largest absolute Gasteiger partial charge is 0.455 e. The van der Waals surface area contributed by atoms with Crippen LogP contribution in [0.25, 0.3) is 153 Å². The van der Waals surface area contributed by atoms with Gasteiger partial charge in [-0.1, -0.05) is 218 Å². The Morgan fingerprint density at radius 2 is 0.529 bits per heavy atom. The lowest BCUT2D eigenvalue weighted by Gasteiger charge is -2.20. The van der Waals surface area contributed by atoms with E-state index in [2.05, 4.69) is 243 Å². The van der Waals surface area contributed by atoms with Crippen molar-refractivity contribution < 1.29 is 8.83 Å². The van der Waals surface area contributed by atoms with E-state index in [0.29, 0.717) is 0 Å². The first-order valence-electron chi connectivity index (χ1n) is 24.1. The Morgan fingerprint density at radius 3 is 0.957 bits per heavy atom. The fourth-order valence-electron chi connectivity index (χ4n) is 12.0. The Kier molecular flexibility index (Phi) is 8.39. The molecule has 0 saturated carbocycles. The molecule has 0 amide bonds. The molecule has 13 aromatic carbocycles. The quantitative estimate of drug-likeness (QED) is 0.161. The van der Waals surface area contributed by atoms with Crippen LogP contribution in [0, 0.1) is 0 Å². The normalized spacial score (nSPS) is 12.0. The molecule has 0 saturated heterocycles. The van der Waals surface area contributed by atoms with Gasteiger partial charge in [-0.15, -0.1) is 0 Å². The summed E-state index contributed by atoms with van der Waals surface area (Å²) >= 11 is 0. The molecule has 0 spiro atoms. The lowest BCUT2D eigenvalue weighted by molar-refractivity contribution is 0.670. The van der Waals surface area contributed by atoms with Crippen molar-refractivity contribution in [2.45, 2.75) is 0 Å². The topological polar surface area (TPSA) is 26.3 Å². The van der Waals surface area contributed by atoms with Crippen molar-refractivity contribution in [3.8, 4) is 55.6 Å². The minimum Gasteiger partial charge on any atom is -0.455 e. The number of hydrogen-bond acceptors (Lipinski definition) is 2. The molecule has 2 heteroatoms. The summed E-state index contributed by atoms with van der Waals surface area (Å²) in [6.07, 6.45) is 0. The summed E-state index contributed by atoms with van der Waals surface area (Å²) in [5.41, 5.74) is 15.1. The monoisotopic (exact) mass is 888 g/mol. The summed E-state index contributed by atoms with van der Waals surface area (Å²) in [6.45, 7) is 0. The van der Waals surface area contributed by atoms with Crippen LogP contribution in [0.4, 0.5) is 0 Å². The molecule has 0 aliphatic rings. The third-order valence-corrected chi connectivity index (χ3v) is 14.8. The van der Waals surface area contributed by atoms with E-state index in [0.717, 1.165) is 76.9 Å². The molecule has 0 radical (unpaired) electrons. The molecule has 0 bridgehead atoms. The maximum absolute atomic E-state index is 7.23. The molecule has 0 unspecified atom stereocenters. The number of hydrogen-bond donors (Lipinski definition) is 0. The average Bonchev–Trinajstić information content (AvgIpc) is 4.02. The molecular formula is C68H40O2. The van der Waals surface area contributed by atoms with Crippen molar-refractivity contribution in [2.24, 2.45) is 0 Å². The van der Waals surface area contributed by atoms with Crippen molar-refractivity contribution in [1.82, 2.24) is 0 Å². The molecule has 15 aromatic rings. The SMILES string of the molecule is c1ccc(-c2ccccc2-c2c3ccccc3c(-c3cc4cc(-c5c6ccccc6c(-c6ccccc6)c6ccccc56)c5oc6ccccc6c5c4c4c3oc3ccccc34)c3ccccc23)cc1. The summed E-state index contributed by atoms with van der Waals surface area (Å²) in [4.78, 5) is 0. The van der Waals surface area contributed by atoms with Gasteiger partial charge in [-0.2, -0.15) is 0 Å². The minimum absolute atomic E-state index is 0.854. The Balaban J connectivity index is 1.12. The molecule has 2 heterocycles. The molecule has 0 aliphatic carbocycles. The molecule has 2 aromatic heterocycles. The molecule has 2 nitrogen and oxygen atoms in total. The first-order valence-corrected chi connectivity index (χ1v) is 24.1. The van der Waals surface area contributed by atoms with Crippen molar-refractivity contribution >= 4 is 97.7 Å². The lowest BCUT2D eigenvalue weighted by atomic mass is 9.82. The maximum atomic E-state index is 7.23. The van der Waals surface area contributed by atoms with Crippen LogP contribution < -0.4 is 0 Å². The van der Waals surface area contributed by atoms with E-state index in [-0.39, 0.29) is 0 Å². The minimum atomic E-state index is 0.854. The number of fused-ring (bicyclic) bond motifs is 13. The summed E-state index contributed by atoms with van der Waals surface area (Å²) in [6, 6.07) is 88.0. The van der Waals surface area contributed by atoms with Crippen LogP contribution in [-0.4, -0.2) is 0 Å². The van der Waals surface area contributed by atoms with Gasteiger partial charge in [0.2, 0.25) is 0 Å². The van der Waals surface area contributed by atoms with Crippen LogP contribution in [0.15, 0.2) is 251 Å². The molecule has 324 valence electrons. The Hall–Kier alpha value is -9.24. The van der Waals surface area contributed by atoms with Crippen molar-refractivity contribution in [2.75, 3.05) is 0 Å². The predicted octanol–water partition coefficient (Wildman–Crippen LogP) is 19.6. The molecule has 0 aliphatic heterocycles. The molecule has 0 atom stereocenters. The van der Waals surface area contributed by atoms with Gasteiger partial charge in [0.05, 0.1) is 0 Å². The Bertz CT molecular complexity index is 4520. The van der Waals surface area contributed by atoms with E-state index in [1.54, 1.807) is 0 Å². The average molecular weight is 889 g/mol. The molecular weight excluding hydrogens is 849 g/mol. The fourth-order valence-corrected chi connectivity index (χ4v) is 12.0. The van der Waals surface area contributed by atoms with Crippen LogP contribution in [0.3, 0.4) is 0 Å². The van der Waals surface area contributed by atoms with E-state index in [1.807, 2.05) is 0 Å². The lowest BCUT2D eigenvalue weighted by Crippen LogP contribution is -1.94. The van der Waals surface area contributed by atoms with Crippen LogP contribution in [0.2, 0.25) is 0 Å². The van der Waals surface area contributed by atoms with Gasteiger partial charge in [-0.05, 0) is 106 Å². The summed E-state index contributed by atoms with van der Waals surface area (Å²) in [5.74, 6) is 0. The second kappa shape index (κ2) is 15.1. The van der Waals surface area contributed by atoms with Gasteiger partial charge in [0.1, 0.15) is 22.3 Å². The van der Waals surface area contributed by atoms with Crippen LogP contribution in [-0.2, 0) is 0 Å². The zero-order valence-electron chi connectivity index (χ0n) is 37.9. The number of rotatable bonds is 5. The van der Waals surface area contributed by atoms with E-state index < -0.39 is 0 Å². The molecule has 70 heavy (non-hydrogen) atoms. The van der Waals surface area contributed by atoms with Crippen molar-refractivity contribution in [3.63, 3.8) is 0 Å². The van der Waals surface area contributed by atoms with Crippen molar-refractivity contribution in [3.05, 3.63) is 243 Å². The van der Waals surface area contributed by atoms with E-state index in [1.165, 1.54) is 76.5 Å². The fraction of sp³-hybridized carbons (Fsp3) is 0. The van der Waals surface area contributed by atoms with E-state index >= 15 is 0 Å². The summed E-state index contributed by atoms with van der Waals surface area (Å²) < 4.78 is 14.4. The van der Waals surface area contributed by atoms with Gasteiger partial charge in [-0.3, -0.25) is 0 Å². The highest BCUT2D eigenvalue weighted by atomic mass is 16.3. The third-order valence-electron chi connectivity index (χ3n) is 14.8. The zero-order valence-corrected chi connectivity index (χ0v) is 37.9. The Morgan fingerprint density at radius 1 is 0.214 bits per heavy atom. The van der Waals surface area contributed by atoms with Gasteiger partial charge in [0.25, 0.3) is 0 Å². The zero-order chi connectivity index (χ0) is 45.9. The number of furan rings is 2. The smallest absolute Gasteiger partial charge is 0.143 e. The van der Waals surface area contributed by atoms with Gasteiger partial charge < -0.3 is 8.83 Å². The third kappa shape index (κ3) is 5.56. The van der Waals surface area contributed by atoms with Crippen LogP contribution >= 0.6 is 0 Å². The molecule has 0 N–H and O–H groups in total. The number of benzene rings is 13. The van der Waals surface area contributed by atoms with Gasteiger partial charge in [0, 0.05) is 49.2 Å². The molecule has 15 rings (SSSR count). The Labute approximate surface area is 402 Å². The van der Waals surface area contributed by atoms with E-state index in [4.69, 9.17) is 8.83 Å².